The molecule has 0 saturated heterocycles. The highest BCUT2D eigenvalue weighted by atomic mass is 19.1. The van der Waals surface area contributed by atoms with Crippen molar-refractivity contribution in [1.29, 1.82) is 0 Å². The van der Waals surface area contributed by atoms with Crippen LogP contribution in [0.2, 0.25) is 0 Å². The summed E-state index contributed by atoms with van der Waals surface area (Å²) in [5.41, 5.74) is 5.19. The summed E-state index contributed by atoms with van der Waals surface area (Å²) in [7, 11) is 0. The zero-order valence-electron chi connectivity index (χ0n) is 6.20. The number of carbonyl (C=O) groups is 1. The van der Waals surface area contributed by atoms with Crippen molar-refractivity contribution < 1.29 is 9.18 Å². The highest BCUT2D eigenvalue weighted by molar-refractivity contribution is 5.94. The molecule has 3 nitrogen and oxygen atoms in total. The summed E-state index contributed by atoms with van der Waals surface area (Å²) in [5, 5.41) is 0. The SMILES string of the molecule is NC(=O)/C(F)=C/c1cccnc1. The highest BCUT2D eigenvalue weighted by Gasteiger charge is 2.01. The van der Waals surface area contributed by atoms with Crippen LogP contribution in [0.5, 0.6) is 0 Å². The second kappa shape index (κ2) is 3.61. The Labute approximate surface area is 68.7 Å². The number of hydrogen-bond donors (Lipinski definition) is 1. The van der Waals surface area contributed by atoms with Gasteiger partial charge in [0.05, 0.1) is 0 Å². The molecule has 1 rings (SSSR count). The van der Waals surface area contributed by atoms with Crippen LogP contribution in [-0.4, -0.2) is 10.9 Å². The maximum Gasteiger partial charge on any atom is 0.277 e. The van der Waals surface area contributed by atoms with Gasteiger partial charge in [0, 0.05) is 12.4 Å². The van der Waals surface area contributed by atoms with Crippen LogP contribution < -0.4 is 5.73 Å². The second-order valence-corrected chi connectivity index (χ2v) is 2.14. The van der Waals surface area contributed by atoms with Gasteiger partial charge >= 0.3 is 0 Å². The first kappa shape index (κ1) is 8.39. The molecule has 62 valence electrons. The molecule has 4 heteroatoms. The fourth-order valence-corrected chi connectivity index (χ4v) is 0.679. The quantitative estimate of drug-likeness (QED) is 0.663. The molecule has 0 aliphatic carbocycles. The van der Waals surface area contributed by atoms with Crippen LogP contribution >= 0.6 is 0 Å². The van der Waals surface area contributed by atoms with Crippen molar-refractivity contribution in [3.63, 3.8) is 0 Å². The van der Waals surface area contributed by atoms with E-state index in [2.05, 4.69) is 10.7 Å². The maximum atomic E-state index is 12.6. The standard InChI is InChI=1S/C8H7FN2O/c9-7(8(10)12)4-6-2-1-3-11-5-6/h1-5H,(H2,10,12)/b7-4-. The maximum absolute atomic E-state index is 12.6. The molecule has 0 aliphatic heterocycles. The molecule has 0 fully saturated rings. The number of hydrogen-bond acceptors (Lipinski definition) is 2. The Balaban J connectivity index is 2.89. The van der Waals surface area contributed by atoms with Crippen LogP contribution in [0.25, 0.3) is 6.08 Å². The molecular formula is C8H7FN2O. The van der Waals surface area contributed by atoms with Crippen molar-refractivity contribution >= 4 is 12.0 Å². The Hall–Kier alpha value is -1.71. The molecular weight excluding hydrogens is 159 g/mol. The number of aromatic nitrogens is 1. The predicted molar refractivity (Wildman–Crippen MR) is 42.5 cm³/mol. The number of nitrogens with two attached hydrogens (primary N) is 1. The van der Waals surface area contributed by atoms with Crippen LogP contribution in [0, 0.1) is 0 Å². The molecule has 0 saturated carbocycles. The summed E-state index contributed by atoms with van der Waals surface area (Å²) in [5.74, 6) is -2.04. The van der Waals surface area contributed by atoms with Crippen LogP contribution in [0.15, 0.2) is 30.4 Å². The smallest absolute Gasteiger partial charge is 0.277 e. The first-order valence-electron chi connectivity index (χ1n) is 3.27. The van der Waals surface area contributed by atoms with Crippen LogP contribution in [0.4, 0.5) is 4.39 Å². The molecule has 1 aromatic rings. The lowest BCUT2D eigenvalue weighted by Crippen LogP contribution is -2.10. The van der Waals surface area contributed by atoms with Crippen molar-refractivity contribution in [2.24, 2.45) is 5.73 Å². The van der Waals surface area contributed by atoms with Gasteiger partial charge in [0.1, 0.15) is 0 Å². The third-order valence-electron chi connectivity index (χ3n) is 1.21. The summed E-state index contributed by atoms with van der Waals surface area (Å²) in [4.78, 5) is 14.0. The Morgan fingerprint density at radius 2 is 2.42 bits per heavy atom. The van der Waals surface area contributed by atoms with E-state index in [1.54, 1.807) is 18.3 Å². The van der Waals surface area contributed by atoms with Gasteiger partial charge in [0.25, 0.3) is 5.91 Å². The number of amides is 1. The molecule has 0 atom stereocenters. The van der Waals surface area contributed by atoms with Crippen molar-refractivity contribution in [3.05, 3.63) is 35.9 Å². The highest BCUT2D eigenvalue weighted by Crippen LogP contribution is 2.04. The summed E-state index contributed by atoms with van der Waals surface area (Å²) in [6, 6.07) is 3.26. The van der Waals surface area contributed by atoms with Crippen molar-refractivity contribution in [2.45, 2.75) is 0 Å². The zero-order chi connectivity index (χ0) is 8.97. The van der Waals surface area contributed by atoms with E-state index in [9.17, 15) is 9.18 Å². The molecule has 0 radical (unpaired) electrons. The van der Waals surface area contributed by atoms with Crippen molar-refractivity contribution in [3.8, 4) is 0 Å². The molecule has 2 N–H and O–H groups in total. The van der Waals surface area contributed by atoms with Gasteiger partial charge in [-0.3, -0.25) is 9.78 Å². The first-order chi connectivity index (χ1) is 5.70. The molecule has 0 spiro atoms. The molecule has 12 heavy (non-hydrogen) atoms. The molecule has 1 aromatic heterocycles. The molecule has 1 amide bonds. The number of primary amides is 1. The number of nitrogens with zero attached hydrogens (tertiary/aromatic N) is 1. The lowest BCUT2D eigenvalue weighted by molar-refractivity contribution is -0.115. The van der Waals surface area contributed by atoms with Crippen molar-refractivity contribution in [1.82, 2.24) is 4.98 Å². The van der Waals surface area contributed by atoms with Crippen LogP contribution in [-0.2, 0) is 4.79 Å². The van der Waals surface area contributed by atoms with Gasteiger partial charge in [-0.15, -0.1) is 0 Å². The fraction of sp³-hybridized carbons (Fsp3) is 0. The van der Waals surface area contributed by atoms with Crippen LogP contribution in [0.3, 0.4) is 0 Å². The number of rotatable bonds is 2. The third kappa shape index (κ3) is 2.16. The predicted octanol–water partition coefficient (Wildman–Crippen LogP) is 0.877. The summed E-state index contributed by atoms with van der Waals surface area (Å²) < 4.78 is 12.6. The average molecular weight is 166 g/mol. The minimum atomic E-state index is -1.07. The Bertz CT molecular complexity index is 308. The Morgan fingerprint density at radius 1 is 1.67 bits per heavy atom. The van der Waals surface area contributed by atoms with Crippen molar-refractivity contribution in [2.75, 3.05) is 0 Å². The van der Waals surface area contributed by atoms with E-state index < -0.39 is 11.7 Å². The zero-order valence-corrected chi connectivity index (χ0v) is 6.20. The normalized spacial score (nSPS) is 11.2. The molecule has 0 aliphatic rings. The van der Waals surface area contributed by atoms with Gasteiger partial charge in [-0.1, -0.05) is 6.07 Å². The lowest BCUT2D eigenvalue weighted by Gasteiger charge is -1.91. The number of pyridine rings is 1. The molecule has 0 aromatic carbocycles. The van der Waals surface area contributed by atoms with Gasteiger partial charge in [-0.25, -0.2) is 4.39 Å². The third-order valence-corrected chi connectivity index (χ3v) is 1.21. The monoisotopic (exact) mass is 166 g/mol. The largest absolute Gasteiger partial charge is 0.364 e. The molecule has 0 unspecified atom stereocenters. The molecule has 0 bridgehead atoms. The van der Waals surface area contributed by atoms with Gasteiger partial charge in [-0.2, -0.15) is 0 Å². The van der Waals surface area contributed by atoms with Gasteiger partial charge in [0.2, 0.25) is 0 Å². The minimum absolute atomic E-state index is 0.508. The Kier molecular flexibility index (Phi) is 2.53. The second-order valence-electron chi connectivity index (χ2n) is 2.14. The van der Waals surface area contributed by atoms with Gasteiger partial charge in [0.15, 0.2) is 5.83 Å². The minimum Gasteiger partial charge on any atom is -0.364 e. The van der Waals surface area contributed by atoms with Gasteiger partial charge < -0.3 is 5.73 Å². The van der Waals surface area contributed by atoms with E-state index in [4.69, 9.17) is 0 Å². The van der Waals surface area contributed by atoms with E-state index in [1.165, 1.54) is 6.20 Å². The fourth-order valence-electron chi connectivity index (χ4n) is 0.679. The Morgan fingerprint density at radius 3 is 2.92 bits per heavy atom. The molecule has 1 heterocycles. The number of halogens is 1. The first-order valence-corrected chi connectivity index (χ1v) is 3.27. The summed E-state index contributed by atoms with van der Waals surface area (Å²) in [6.45, 7) is 0. The number of carbonyl (C=O) groups excluding carboxylic acids is 1. The van der Waals surface area contributed by atoms with Crippen LogP contribution in [0.1, 0.15) is 5.56 Å². The van der Waals surface area contributed by atoms with E-state index >= 15 is 0 Å². The van der Waals surface area contributed by atoms with Gasteiger partial charge in [-0.05, 0) is 17.7 Å². The van der Waals surface area contributed by atoms with E-state index in [0.29, 0.717) is 5.56 Å². The summed E-state index contributed by atoms with van der Waals surface area (Å²) in [6.07, 6.45) is 4.03. The van der Waals surface area contributed by atoms with E-state index in [1.807, 2.05) is 0 Å². The van der Waals surface area contributed by atoms with E-state index in [-0.39, 0.29) is 0 Å². The lowest BCUT2D eigenvalue weighted by atomic mass is 10.2. The van der Waals surface area contributed by atoms with E-state index in [0.717, 1.165) is 6.08 Å². The average Bonchev–Trinajstić information content (AvgIpc) is 2.06. The summed E-state index contributed by atoms with van der Waals surface area (Å²) >= 11 is 0. The topological polar surface area (TPSA) is 56.0 Å².